The lowest BCUT2D eigenvalue weighted by Crippen LogP contribution is -2.40. The smallest absolute Gasteiger partial charge is 0.338 e. The van der Waals surface area contributed by atoms with E-state index in [1.54, 1.807) is 30.4 Å². The Hall–Kier alpha value is -3.62. The first-order valence-corrected chi connectivity index (χ1v) is 15.0. The Balaban J connectivity index is 1.85. The van der Waals surface area contributed by atoms with E-state index in [-0.39, 0.29) is 12.2 Å². The number of thiazole rings is 1. The lowest BCUT2D eigenvalue weighted by molar-refractivity contribution is -0.139. The van der Waals surface area contributed by atoms with Crippen LogP contribution in [0.15, 0.2) is 86.6 Å². The summed E-state index contributed by atoms with van der Waals surface area (Å²) < 4.78 is 13.6. The van der Waals surface area contributed by atoms with Gasteiger partial charge in [-0.05, 0) is 60.2 Å². The summed E-state index contributed by atoms with van der Waals surface area (Å²) in [5, 5.41) is 1.89. The largest absolute Gasteiger partial charge is 0.496 e. The molecule has 39 heavy (non-hydrogen) atoms. The van der Waals surface area contributed by atoms with Crippen molar-refractivity contribution in [2.45, 2.75) is 37.6 Å². The number of rotatable bonds is 8. The summed E-state index contributed by atoms with van der Waals surface area (Å²) >= 11 is 3.01. The molecule has 8 heteroatoms. The molecule has 0 saturated heterocycles. The number of ether oxygens (including phenoxy) is 2. The van der Waals surface area contributed by atoms with Gasteiger partial charge in [0.1, 0.15) is 11.8 Å². The number of esters is 1. The van der Waals surface area contributed by atoms with Crippen LogP contribution in [0, 0.1) is 0 Å². The number of hydrogen-bond donors (Lipinski definition) is 0. The van der Waals surface area contributed by atoms with Gasteiger partial charge in [-0.3, -0.25) is 9.36 Å². The maximum Gasteiger partial charge on any atom is 0.338 e. The van der Waals surface area contributed by atoms with Gasteiger partial charge in [0.2, 0.25) is 0 Å². The van der Waals surface area contributed by atoms with Crippen molar-refractivity contribution in [2.75, 3.05) is 20.0 Å². The highest BCUT2D eigenvalue weighted by atomic mass is 32.2. The third kappa shape index (κ3) is 5.06. The summed E-state index contributed by atoms with van der Waals surface area (Å²) in [7, 11) is 1.61. The molecule has 0 N–H and O–H groups in total. The first kappa shape index (κ1) is 27.0. The lowest BCUT2D eigenvalue weighted by atomic mass is 9.90. The number of aromatic nitrogens is 1. The quantitative estimate of drug-likeness (QED) is 0.212. The van der Waals surface area contributed by atoms with Crippen molar-refractivity contribution in [1.82, 2.24) is 4.57 Å². The molecule has 6 nitrogen and oxygen atoms in total. The number of methoxy groups -OCH3 is 1. The van der Waals surface area contributed by atoms with Gasteiger partial charge in [-0.25, -0.2) is 9.79 Å². The molecule has 2 heterocycles. The van der Waals surface area contributed by atoms with Crippen LogP contribution in [-0.2, 0) is 9.53 Å². The van der Waals surface area contributed by atoms with E-state index in [9.17, 15) is 9.59 Å². The van der Waals surface area contributed by atoms with E-state index in [1.165, 1.54) is 11.3 Å². The fourth-order valence-electron chi connectivity index (χ4n) is 4.98. The van der Waals surface area contributed by atoms with Crippen molar-refractivity contribution < 1.29 is 14.3 Å². The van der Waals surface area contributed by atoms with Gasteiger partial charge in [0, 0.05) is 10.5 Å². The summed E-state index contributed by atoms with van der Waals surface area (Å²) in [5.74, 6) is 0.132. The predicted molar refractivity (Wildman–Crippen MR) is 158 cm³/mol. The molecule has 0 spiro atoms. The van der Waals surface area contributed by atoms with Crippen molar-refractivity contribution >= 4 is 45.9 Å². The van der Waals surface area contributed by atoms with Crippen LogP contribution in [0.3, 0.4) is 0 Å². The molecule has 0 unspecified atom stereocenters. The predicted octanol–water partition coefficient (Wildman–Crippen LogP) is 5.46. The zero-order valence-corrected chi connectivity index (χ0v) is 24.0. The molecule has 200 valence electrons. The second-order valence-electron chi connectivity index (χ2n) is 9.09. The normalized spacial score (nSPS) is 15.3. The van der Waals surface area contributed by atoms with E-state index in [0.717, 1.165) is 33.2 Å². The van der Waals surface area contributed by atoms with Crippen LogP contribution in [-0.4, -0.2) is 30.5 Å². The van der Waals surface area contributed by atoms with Crippen molar-refractivity contribution in [2.24, 2.45) is 4.99 Å². The molecule has 5 rings (SSSR count). The molecule has 0 bridgehead atoms. The third-order valence-corrected chi connectivity index (χ3v) is 8.46. The maximum absolute atomic E-state index is 14.1. The maximum atomic E-state index is 14.1. The molecule has 0 saturated carbocycles. The molecule has 0 aliphatic carbocycles. The second kappa shape index (κ2) is 11.6. The Morgan fingerprint density at radius 3 is 2.56 bits per heavy atom. The molecule has 1 aliphatic rings. The van der Waals surface area contributed by atoms with E-state index in [2.05, 4.69) is 0 Å². The average Bonchev–Trinajstić information content (AvgIpc) is 3.26. The number of nitrogens with zero attached hydrogens (tertiary/aromatic N) is 2. The molecule has 0 fully saturated rings. The number of carbonyl (C=O) groups is 1. The second-order valence-corrected chi connectivity index (χ2v) is 11.0. The van der Waals surface area contributed by atoms with Crippen LogP contribution in [0.2, 0.25) is 0 Å². The van der Waals surface area contributed by atoms with Crippen LogP contribution in [0.1, 0.15) is 43.9 Å². The summed E-state index contributed by atoms with van der Waals surface area (Å²) in [6, 6.07) is 19.1. The van der Waals surface area contributed by atoms with Gasteiger partial charge in [-0.15, -0.1) is 11.8 Å². The third-order valence-electron chi connectivity index (χ3n) is 6.73. The first-order valence-electron chi connectivity index (χ1n) is 12.9. The number of hydrogen-bond acceptors (Lipinski definition) is 7. The van der Waals surface area contributed by atoms with Crippen LogP contribution < -0.4 is 19.6 Å². The summed E-state index contributed by atoms with van der Waals surface area (Å²) in [5.41, 5.74) is 2.50. The number of benzene rings is 3. The van der Waals surface area contributed by atoms with Gasteiger partial charge in [0.15, 0.2) is 4.80 Å². The Labute approximate surface area is 235 Å². The first-order chi connectivity index (χ1) is 19.0. The van der Waals surface area contributed by atoms with Crippen LogP contribution in [0.4, 0.5) is 0 Å². The molecule has 3 aromatic carbocycles. The molecular weight excluding hydrogens is 528 g/mol. The van der Waals surface area contributed by atoms with Gasteiger partial charge in [-0.1, -0.05) is 67.1 Å². The topological polar surface area (TPSA) is 69.9 Å². The minimum absolute atomic E-state index is 0.204. The Morgan fingerprint density at radius 1 is 1.10 bits per heavy atom. The lowest BCUT2D eigenvalue weighted by Gasteiger charge is -2.28. The van der Waals surface area contributed by atoms with Gasteiger partial charge in [-0.2, -0.15) is 0 Å². The molecule has 1 aromatic heterocycles. The highest BCUT2D eigenvalue weighted by molar-refractivity contribution is 7.98. The van der Waals surface area contributed by atoms with Crippen molar-refractivity contribution in [1.29, 1.82) is 0 Å². The minimum atomic E-state index is -0.746. The fourth-order valence-corrected chi connectivity index (χ4v) is 6.41. The number of thioether (sulfide) groups is 1. The molecule has 1 aliphatic heterocycles. The van der Waals surface area contributed by atoms with Crippen molar-refractivity contribution in [3.8, 4) is 5.75 Å². The minimum Gasteiger partial charge on any atom is -0.496 e. The summed E-state index contributed by atoms with van der Waals surface area (Å²) in [4.78, 5) is 34.3. The van der Waals surface area contributed by atoms with Crippen molar-refractivity contribution in [3.63, 3.8) is 0 Å². The Morgan fingerprint density at radius 2 is 1.87 bits per heavy atom. The van der Waals surface area contributed by atoms with E-state index >= 15 is 0 Å². The molecule has 0 amide bonds. The summed E-state index contributed by atoms with van der Waals surface area (Å²) in [6.07, 6.45) is 5.29. The van der Waals surface area contributed by atoms with Gasteiger partial charge in [0.25, 0.3) is 5.56 Å². The van der Waals surface area contributed by atoms with Gasteiger partial charge >= 0.3 is 5.97 Å². The van der Waals surface area contributed by atoms with Gasteiger partial charge in [0.05, 0.1) is 29.5 Å². The van der Waals surface area contributed by atoms with Gasteiger partial charge < -0.3 is 9.47 Å². The Bertz CT molecular complexity index is 1750. The molecule has 1 atom stereocenters. The number of carbonyl (C=O) groups excluding carboxylic acids is 1. The van der Waals surface area contributed by atoms with Crippen LogP contribution in [0.25, 0.3) is 16.8 Å². The molecule has 4 aromatic rings. The highest BCUT2D eigenvalue weighted by Crippen LogP contribution is 2.41. The van der Waals surface area contributed by atoms with E-state index in [0.29, 0.717) is 32.8 Å². The van der Waals surface area contributed by atoms with Crippen LogP contribution in [0.5, 0.6) is 5.75 Å². The highest BCUT2D eigenvalue weighted by Gasteiger charge is 2.37. The standard InChI is InChI=1S/C31H30N2O4S2/c1-5-9-23-27(30(35)37-6-2)28(26-22-11-8-7-10-20(22)14-17-24(26)36-3)33-29(34)25(39-31(33)32-23)18-19-12-15-21(38-4)16-13-19/h7-8,10-18,28H,5-6,9H2,1-4H3/t28-/m1/s1. The monoisotopic (exact) mass is 558 g/mol. The van der Waals surface area contributed by atoms with E-state index < -0.39 is 12.0 Å². The SMILES string of the molecule is CCCC1=C(C(=O)OCC)[C@@H](c2c(OC)ccc3ccccc23)n2c(sc(=Cc3ccc(SC)cc3)c2=O)=N1. The summed E-state index contributed by atoms with van der Waals surface area (Å²) in [6.45, 7) is 4.05. The van der Waals surface area contributed by atoms with E-state index in [1.807, 2.05) is 79.9 Å². The molecule has 0 radical (unpaired) electrons. The molecular formula is C31H30N2O4S2. The zero-order chi connectivity index (χ0) is 27.5. The number of allylic oxidation sites excluding steroid dienone is 1. The fraction of sp³-hybridized carbons (Fsp3) is 0.258. The van der Waals surface area contributed by atoms with Crippen molar-refractivity contribution in [3.05, 3.63) is 103 Å². The Kier molecular flexibility index (Phi) is 8.04. The average molecular weight is 559 g/mol. The van der Waals surface area contributed by atoms with Crippen LogP contribution >= 0.6 is 23.1 Å². The zero-order valence-electron chi connectivity index (χ0n) is 22.4. The number of fused-ring (bicyclic) bond motifs is 2. The van der Waals surface area contributed by atoms with E-state index in [4.69, 9.17) is 14.5 Å².